The van der Waals surface area contributed by atoms with Crippen LogP contribution in [0, 0.1) is 0 Å². The van der Waals surface area contributed by atoms with Crippen LogP contribution in [0.1, 0.15) is 50.7 Å². The maximum Gasteiger partial charge on any atom is 0.227 e. The minimum atomic E-state index is 0.269. The smallest absolute Gasteiger partial charge is 0.227 e. The van der Waals surface area contributed by atoms with Crippen LogP contribution in [0.4, 0.5) is 0 Å². The van der Waals surface area contributed by atoms with Gasteiger partial charge in [-0.15, -0.1) is 0 Å². The molecule has 9 aromatic rings. The first kappa shape index (κ1) is 29.2. The van der Waals surface area contributed by atoms with Crippen molar-refractivity contribution in [2.75, 3.05) is 0 Å². The lowest BCUT2D eigenvalue weighted by molar-refractivity contribution is 0.604. The monoisotopic (exact) mass is 637 g/mol. The summed E-state index contributed by atoms with van der Waals surface area (Å²) in [5, 5.41) is 2.00. The normalized spacial score (nSPS) is 12.0. The maximum atomic E-state index is 6.83. The summed E-state index contributed by atoms with van der Waals surface area (Å²) in [4.78, 5) is 10.1. The van der Waals surface area contributed by atoms with E-state index in [-0.39, 0.29) is 11.8 Å². The third-order valence-electron chi connectivity index (χ3n) is 9.59. The predicted octanol–water partition coefficient (Wildman–Crippen LogP) is 12.3. The highest BCUT2D eigenvalue weighted by molar-refractivity contribution is 6.15. The minimum absolute atomic E-state index is 0.269. The van der Waals surface area contributed by atoms with E-state index < -0.39 is 0 Å². The van der Waals surface area contributed by atoms with E-state index in [0.29, 0.717) is 17.1 Å². The first-order chi connectivity index (χ1) is 24.0. The zero-order chi connectivity index (χ0) is 33.2. The highest BCUT2D eigenvalue weighted by atomic mass is 16.4. The summed E-state index contributed by atoms with van der Waals surface area (Å²) < 4.78 is 15.6. The Bertz CT molecular complexity index is 2630. The molecule has 0 aliphatic rings. The van der Waals surface area contributed by atoms with Gasteiger partial charge in [-0.3, -0.25) is 4.57 Å². The number of para-hydroxylation sites is 3. The number of benzene rings is 6. The first-order valence-electron chi connectivity index (χ1n) is 17.0. The van der Waals surface area contributed by atoms with Crippen molar-refractivity contribution in [3.63, 3.8) is 0 Å². The van der Waals surface area contributed by atoms with Gasteiger partial charge < -0.3 is 8.83 Å². The average Bonchev–Trinajstić information content (AvgIpc) is 3.85. The number of nitrogens with zero attached hydrogens (tertiary/aromatic N) is 3. The molecule has 0 saturated carbocycles. The Balaban J connectivity index is 1.33. The zero-order valence-electron chi connectivity index (χ0n) is 27.9. The Morgan fingerprint density at radius 1 is 0.510 bits per heavy atom. The number of furan rings is 1. The van der Waals surface area contributed by atoms with E-state index in [4.69, 9.17) is 18.8 Å². The van der Waals surface area contributed by atoms with E-state index in [1.165, 1.54) is 27.9 Å². The summed E-state index contributed by atoms with van der Waals surface area (Å²) in [6, 6.07) is 44.3. The quantitative estimate of drug-likeness (QED) is 0.182. The summed E-state index contributed by atoms with van der Waals surface area (Å²) in [6.45, 7) is 9.12. The second-order valence-electron chi connectivity index (χ2n) is 13.4. The molecule has 0 spiro atoms. The van der Waals surface area contributed by atoms with Crippen LogP contribution in [0.2, 0.25) is 0 Å². The molecule has 49 heavy (non-hydrogen) atoms. The summed E-state index contributed by atoms with van der Waals surface area (Å²) in [7, 11) is 0. The standard InChI is InChI=1S/C44H35N3O2/c1-26(2)34-24-30(28-14-7-5-8-15-28)25-35(27(3)4)39(34)47-38-21-12-11-20-36(38)45-43(47)33-19-13-18-31-32-22-23-37-42(41(32)48-40(31)33)49-44(46-37)29-16-9-6-10-17-29/h5-27H,1-4H3. The van der Waals surface area contributed by atoms with Crippen molar-refractivity contribution < 1.29 is 8.83 Å². The molecule has 0 bridgehead atoms. The van der Waals surface area contributed by atoms with Gasteiger partial charge in [0.25, 0.3) is 0 Å². The van der Waals surface area contributed by atoms with Gasteiger partial charge in [0, 0.05) is 16.3 Å². The van der Waals surface area contributed by atoms with Crippen LogP contribution in [0.5, 0.6) is 0 Å². The van der Waals surface area contributed by atoms with Crippen LogP contribution in [-0.4, -0.2) is 14.5 Å². The Morgan fingerprint density at radius 3 is 1.88 bits per heavy atom. The topological polar surface area (TPSA) is 57.0 Å². The fourth-order valence-corrected chi connectivity index (χ4v) is 7.17. The fourth-order valence-electron chi connectivity index (χ4n) is 7.17. The number of rotatable bonds is 6. The first-order valence-corrected chi connectivity index (χ1v) is 17.0. The molecule has 0 amide bonds. The third kappa shape index (κ3) is 4.68. The summed E-state index contributed by atoms with van der Waals surface area (Å²) in [5.74, 6) is 1.96. The van der Waals surface area contributed by atoms with Gasteiger partial charge in [0.1, 0.15) is 16.9 Å². The fraction of sp³-hybridized carbons (Fsp3) is 0.136. The van der Waals surface area contributed by atoms with Crippen molar-refractivity contribution >= 4 is 44.1 Å². The summed E-state index contributed by atoms with van der Waals surface area (Å²) >= 11 is 0. The SMILES string of the molecule is CC(C)c1cc(-c2ccccc2)cc(C(C)C)c1-n1c(-c2cccc3c2oc2c3ccc3nc(-c4ccccc4)oc32)nc2ccccc21. The molecule has 0 saturated heterocycles. The number of hydrogen-bond donors (Lipinski definition) is 0. The van der Waals surface area contributed by atoms with Crippen molar-refractivity contribution in [3.8, 4) is 39.7 Å². The van der Waals surface area contributed by atoms with Crippen LogP contribution < -0.4 is 0 Å². The van der Waals surface area contributed by atoms with Crippen LogP contribution in [0.25, 0.3) is 83.7 Å². The highest BCUT2D eigenvalue weighted by Crippen LogP contribution is 2.43. The Morgan fingerprint density at radius 2 is 1.16 bits per heavy atom. The molecule has 0 radical (unpaired) electrons. The van der Waals surface area contributed by atoms with Crippen molar-refractivity contribution in [1.29, 1.82) is 0 Å². The molecular formula is C44H35N3O2. The van der Waals surface area contributed by atoms with Crippen molar-refractivity contribution in [3.05, 3.63) is 139 Å². The average molecular weight is 638 g/mol. The third-order valence-corrected chi connectivity index (χ3v) is 9.59. The predicted molar refractivity (Wildman–Crippen MR) is 200 cm³/mol. The van der Waals surface area contributed by atoms with E-state index in [1.807, 2.05) is 36.4 Å². The van der Waals surface area contributed by atoms with E-state index >= 15 is 0 Å². The lowest BCUT2D eigenvalue weighted by atomic mass is 9.88. The van der Waals surface area contributed by atoms with Crippen LogP contribution in [0.15, 0.2) is 136 Å². The van der Waals surface area contributed by atoms with Crippen LogP contribution in [-0.2, 0) is 0 Å². The molecule has 3 aromatic heterocycles. The zero-order valence-corrected chi connectivity index (χ0v) is 27.9. The largest absolute Gasteiger partial charge is 0.451 e. The Labute approximate surface area is 284 Å². The number of fused-ring (bicyclic) bond motifs is 6. The van der Waals surface area contributed by atoms with Crippen LogP contribution >= 0.6 is 0 Å². The molecular weight excluding hydrogens is 603 g/mol. The van der Waals surface area contributed by atoms with Gasteiger partial charge in [0.2, 0.25) is 5.89 Å². The molecule has 0 unspecified atom stereocenters. The van der Waals surface area contributed by atoms with Crippen molar-refractivity contribution in [1.82, 2.24) is 14.5 Å². The highest BCUT2D eigenvalue weighted by Gasteiger charge is 2.26. The molecule has 3 heterocycles. The van der Waals surface area contributed by atoms with Crippen molar-refractivity contribution in [2.45, 2.75) is 39.5 Å². The van der Waals surface area contributed by atoms with Crippen LogP contribution in [0.3, 0.4) is 0 Å². The Kier molecular flexibility index (Phi) is 6.76. The Hall–Kier alpha value is -5.94. The molecule has 0 aliphatic carbocycles. The lowest BCUT2D eigenvalue weighted by Crippen LogP contribution is -2.09. The molecule has 0 aliphatic heterocycles. The lowest BCUT2D eigenvalue weighted by Gasteiger charge is -2.24. The summed E-state index contributed by atoms with van der Waals surface area (Å²) in [5.41, 5.74) is 12.9. The molecule has 0 fully saturated rings. The molecule has 5 heteroatoms. The molecule has 9 rings (SSSR count). The van der Waals surface area contributed by atoms with E-state index in [9.17, 15) is 0 Å². The maximum absolute atomic E-state index is 6.83. The number of oxazole rings is 1. The number of hydrogen-bond acceptors (Lipinski definition) is 4. The van der Waals surface area contributed by atoms with Gasteiger partial charge in [-0.2, -0.15) is 0 Å². The number of aromatic nitrogens is 3. The van der Waals surface area contributed by atoms with Gasteiger partial charge in [0.05, 0.1) is 22.3 Å². The van der Waals surface area contributed by atoms with Gasteiger partial charge in [0.15, 0.2) is 11.2 Å². The van der Waals surface area contributed by atoms with Gasteiger partial charge in [-0.1, -0.05) is 100 Å². The number of imidazole rings is 1. The van der Waals surface area contributed by atoms with Gasteiger partial charge >= 0.3 is 0 Å². The molecule has 0 N–H and O–H groups in total. The van der Waals surface area contributed by atoms with E-state index in [1.54, 1.807) is 0 Å². The molecule has 6 aromatic carbocycles. The minimum Gasteiger partial charge on any atom is -0.451 e. The molecule has 238 valence electrons. The second kappa shape index (κ2) is 11.3. The second-order valence-corrected chi connectivity index (χ2v) is 13.4. The van der Waals surface area contributed by atoms with Gasteiger partial charge in [-0.05, 0) is 88.7 Å². The van der Waals surface area contributed by atoms with Gasteiger partial charge in [-0.25, -0.2) is 9.97 Å². The molecule has 0 atom stereocenters. The van der Waals surface area contributed by atoms with E-state index in [0.717, 1.165) is 49.9 Å². The molecule has 5 nitrogen and oxygen atoms in total. The van der Waals surface area contributed by atoms with E-state index in [2.05, 4.69) is 123 Å². The van der Waals surface area contributed by atoms with Crippen molar-refractivity contribution in [2.24, 2.45) is 0 Å². The summed E-state index contributed by atoms with van der Waals surface area (Å²) in [6.07, 6.45) is 0.